The highest BCUT2D eigenvalue weighted by Gasteiger charge is 2.27. The van der Waals surface area contributed by atoms with E-state index in [0.29, 0.717) is 17.5 Å². The van der Waals surface area contributed by atoms with Crippen molar-refractivity contribution in [3.8, 4) is 5.40 Å². The molecule has 0 bridgehead atoms. The van der Waals surface area contributed by atoms with Gasteiger partial charge in [-0.05, 0) is 32.4 Å². The molecule has 0 saturated heterocycles. The van der Waals surface area contributed by atoms with E-state index in [0.717, 1.165) is 21.5 Å². The number of carbonyl (C=O) groups is 1. The molecule has 1 amide bonds. The van der Waals surface area contributed by atoms with Gasteiger partial charge in [-0.1, -0.05) is 17.4 Å². The van der Waals surface area contributed by atoms with Crippen LogP contribution < -0.4 is 5.32 Å². The molecule has 2 aromatic rings. The minimum atomic E-state index is -0.375. The second kappa shape index (κ2) is 8.18. The van der Waals surface area contributed by atoms with E-state index in [9.17, 15) is 4.79 Å². The minimum absolute atomic E-state index is 0.361. The lowest BCUT2D eigenvalue weighted by atomic mass is 10.1. The van der Waals surface area contributed by atoms with Crippen LogP contribution in [0.25, 0.3) is 0 Å². The molecule has 0 spiro atoms. The number of anilines is 2. The van der Waals surface area contributed by atoms with Crippen molar-refractivity contribution in [3.63, 3.8) is 0 Å². The molecule has 0 saturated carbocycles. The lowest BCUT2D eigenvalue weighted by Crippen LogP contribution is -2.45. The zero-order valence-corrected chi connectivity index (χ0v) is 16.1. The molecule has 9 heteroatoms. The first-order valence-corrected chi connectivity index (χ1v) is 9.06. The Balaban J connectivity index is 2.05. The van der Waals surface area contributed by atoms with Crippen molar-refractivity contribution in [1.82, 2.24) is 14.9 Å². The van der Waals surface area contributed by atoms with Crippen LogP contribution in [0.4, 0.5) is 15.7 Å². The maximum Gasteiger partial charge on any atom is 0.410 e. The molecule has 2 rings (SSSR count). The summed E-state index contributed by atoms with van der Waals surface area (Å²) in [7, 11) is 1.37. The summed E-state index contributed by atoms with van der Waals surface area (Å²) >= 11 is 2.46. The van der Waals surface area contributed by atoms with Gasteiger partial charge in [0.25, 0.3) is 0 Å². The van der Waals surface area contributed by atoms with Gasteiger partial charge < -0.3 is 10.1 Å². The van der Waals surface area contributed by atoms with Crippen LogP contribution in [0, 0.1) is 10.7 Å². The van der Waals surface area contributed by atoms with Gasteiger partial charge in [-0.25, -0.2) is 14.8 Å². The normalized spacial score (nSPS) is 10.8. The number of ether oxygens (including phenoxy) is 1. The number of amides is 1. The zero-order chi connectivity index (χ0) is 18.4. The molecule has 2 heterocycles. The summed E-state index contributed by atoms with van der Waals surface area (Å²) in [6.45, 7) is 6.26. The van der Waals surface area contributed by atoms with Gasteiger partial charge in [-0.3, -0.25) is 4.90 Å². The fourth-order valence-corrected chi connectivity index (χ4v) is 3.25. The van der Waals surface area contributed by atoms with Gasteiger partial charge in [0.05, 0.1) is 24.1 Å². The van der Waals surface area contributed by atoms with Crippen LogP contribution in [0.3, 0.4) is 0 Å². The number of thiocyanates is 1. The third-order valence-corrected chi connectivity index (χ3v) is 4.84. The van der Waals surface area contributed by atoms with E-state index >= 15 is 0 Å². The lowest BCUT2D eigenvalue weighted by Gasteiger charge is -2.34. The molecule has 0 fully saturated rings. The number of pyridine rings is 1. The fourth-order valence-electron chi connectivity index (χ4n) is 1.98. The molecule has 2 aromatic heterocycles. The van der Waals surface area contributed by atoms with E-state index in [2.05, 4.69) is 15.3 Å². The van der Waals surface area contributed by atoms with Crippen molar-refractivity contribution in [2.45, 2.75) is 37.1 Å². The average molecular weight is 377 g/mol. The van der Waals surface area contributed by atoms with Crippen LogP contribution in [-0.4, -0.2) is 33.6 Å². The van der Waals surface area contributed by atoms with E-state index in [-0.39, 0.29) is 11.6 Å². The number of hydrogen-bond donors (Lipinski definition) is 1. The van der Waals surface area contributed by atoms with Crippen molar-refractivity contribution in [2.24, 2.45) is 0 Å². The molecule has 0 aliphatic carbocycles. The molecule has 0 aliphatic rings. The Hall–Kier alpha value is -2.31. The van der Waals surface area contributed by atoms with Gasteiger partial charge in [0.1, 0.15) is 11.2 Å². The topological polar surface area (TPSA) is 91.1 Å². The van der Waals surface area contributed by atoms with Crippen LogP contribution in [0.1, 0.15) is 26.3 Å². The number of hydrogen-bond acceptors (Lipinski definition) is 8. The summed E-state index contributed by atoms with van der Waals surface area (Å²) in [4.78, 5) is 22.2. The number of nitriles is 1. The smallest absolute Gasteiger partial charge is 0.410 e. The van der Waals surface area contributed by atoms with Gasteiger partial charge in [0.2, 0.25) is 0 Å². The molecular weight excluding hydrogens is 358 g/mol. The Morgan fingerprint density at radius 2 is 2.16 bits per heavy atom. The van der Waals surface area contributed by atoms with Crippen molar-refractivity contribution in [3.05, 3.63) is 30.1 Å². The van der Waals surface area contributed by atoms with Crippen LogP contribution in [0.15, 0.2) is 28.7 Å². The van der Waals surface area contributed by atoms with Crippen molar-refractivity contribution < 1.29 is 9.53 Å². The molecule has 0 aliphatic heterocycles. The first-order valence-electron chi connectivity index (χ1n) is 7.43. The summed E-state index contributed by atoms with van der Waals surface area (Å²) < 4.78 is 5.68. The van der Waals surface area contributed by atoms with Crippen LogP contribution in [0.5, 0.6) is 0 Å². The molecule has 0 radical (unpaired) electrons. The summed E-state index contributed by atoms with van der Waals surface area (Å²) in [6.07, 6.45) is 2.98. The maximum atomic E-state index is 12.0. The number of aromatic nitrogens is 2. The molecule has 25 heavy (non-hydrogen) atoms. The predicted octanol–water partition coefficient (Wildman–Crippen LogP) is 4.22. The molecule has 7 nitrogen and oxygen atoms in total. The van der Waals surface area contributed by atoms with Crippen molar-refractivity contribution in [2.75, 3.05) is 12.4 Å². The largest absolute Gasteiger partial charge is 0.453 e. The summed E-state index contributed by atoms with van der Waals surface area (Å²) in [5, 5.41) is 14.4. The minimum Gasteiger partial charge on any atom is -0.453 e. The van der Waals surface area contributed by atoms with E-state index in [4.69, 9.17) is 10.00 Å². The quantitative estimate of drug-likeness (QED) is 0.616. The number of carbonyl (C=O) groups excluding carboxylic acids is 1. The number of methoxy groups -OCH3 is 1. The monoisotopic (exact) mass is 377 g/mol. The standard InChI is InChI=1S/C16H19N5O2S2/c1-16(2,3)21(15(22)23-4)9-11-5-6-12(18-7-11)20-14-19-8-13(25-14)24-10-17/h5-8H,9H2,1-4H3,(H,18,19,20). The number of rotatable bonds is 5. The second-order valence-electron chi connectivity index (χ2n) is 6.08. The second-order valence-corrected chi connectivity index (χ2v) is 8.20. The lowest BCUT2D eigenvalue weighted by molar-refractivity contribution is 0.0792. The van der Waals surface area contributed by atoms with E-state index in [1.165, 1.54) is 18.4 Å². The first kappa shape index (κ1) is 19.0. The van der Waals surface area contributed by atoms with E-state index < -0.39 is 0 Å². The van der Waals surface area contributed by atoms with Gasteiger partial charge in [-0.2, -0.15) is 5.26 Å². The zero-order valence-electron chi connectivity index (χ0n) is 14.4. The van der Waals surface area contributed by atoms with E-state index in [1.807, 2.05) is 38.3 Å². The van der Waals surface area contributed by atoms with Gasteiger partial charge in [0, 0.05) is 23.5 Å². The SMILES string of the molecule is COC(=O)N(Cc1ccc(Nc2ncc(SC#N)s2)nc1)C(C)(C)C. The van der Waals surface area contributed by atoms with Crippen LogP contribution >= 0.6 is 23.1 Å². The Labute approximate surface area is 155 Å². The molecule has 0 aromatic carbocycles. The highest BCUT2D eigenvalue weighted by atomic mass is 32.2. The molecule has 132 valence electrons. The summed E-state index contributed by atoms with van der Waals surface area (Å²) in [6, 6.07) is 3.72. The first-order chi connectivity index (χ1) is 11.8. The van der Waals surface area contributed by atoms with Gasteiger partial charge in [-0.15, -0.1) is 0 Å². The van der Waals surface area contributed by atoms with Gasteiger partial charge in [0.15, 0.2) is 5.13 Å². The average Bonchev–Trinajstić information content (AvgIpc) is 3.00. The molecule has 0 unspecified atom stereocenters. The Morgan fingerprint density at radius 1 is 1.40 bits per heavy atom. The highest BCUT2D eigenvalue weighted by molar-refractivity contribution is 8.05. The Morgan fingerprint density at radius 3 is 2.72 bits per heavy atom. The maximum absolute atomic E-state index is 12.0. The number of thioether (sulfide) groups is 1. The molecule has 1 N–H and O–H groups in total. The third-order valence-electron chi connectivity index (χ3n) is 3.24. The fraction of sp³-hybridized carbons (Fsp3) is 0.375. The predicted molar refractivity (Wildman–Crippen MR) is 98.8 cm³/mol. The summed E-state index contributed by atoms with van der Waals surface area (Å²) in [5.41, 5.74) is 0.533. The Kier molecular flexibility index (Phi) is 6.22. The Bertz CT molecular complexity index is 762. The van der Waals surface area contributed by atoms with Crippen molar-refractivity contribution in [1.29, 1.82) is 5.26 Å². The van der Waals surface area contributed by atoms with Gasteiger partial charge >= 0.3 is 6.09 Å². The number of nitrogens with one attached hydrogen (secondary N) is 1. The summed E-state index contributed by atoms with van der Waals surface area (Å²) in [5.74, 6) is 0.645. The van der Waals surface area contributed by atoms with Crippen molar-refractivity contribution >= 4 is 40.1 Å². The molecular formula is C16H19N5O2S2. The van der Waals surface area contributed by atoms with Crippen LogP contribution in [-0.2, 0) is 11.3 Å². The third kappa shape index (κ3) is 5.34. The number of thiazole rings is 1. The van der Waals surface area contributed by atoms with E-state index in [1.54, 1.807) is 17.3 Å². The van der Waals surface area contributed by atoms with Crippen LogP contribution in [0.2, 0.25) is 0 Å². The highest BCUT2D eigenvalue weighted by Crippen LogP contribution is 2.29. The number of nitrogens with zero attached hydrogens (tertiary/aromatic N) is 4. The molecule has 0 atom stereocenters.